The molecule has 2 unspecified atom stereocenters. The quantitative estimate of drug-likeness (QED) is 0.805. The maximum absolute atomic E-state index is 13.1. The number of anilines is 2. The second-order valence-corrected chi connectivity index (χ2v) is 5.31. The Kier molecular flexibility index (Phi) is 3.77. The van der Waals surface area contributed by atoms with Crippen LogP contribution in [0.2, 0.25) is 5.02 Å². The average molecular weight is 257 g/mol. The van der Waals surface area contributed by atoms with E-state index < -0.39 is 5.82 Å². The minimum absolute atomic E-state index is 0.112. The fraction of sp³-hybridized carbons (Fsp3) is 0.538. The molecule has 1 fully saturated rings. The van der Waals surface area contributed by atoms with Crippen molar-refractivity contribution in [3.05, 3.63) is 23.0 Å². The molecule has 1 saturated carbocycles. The number of nitrogens with one attached hydrogen (secondary N) is 1. The van der Waals surface area contributed by atoms with Crippen LogP contribution in [-0.2, 0) is 0 Å². The molecule has 3 N–H and O–H groups in total. The number of hydrogen-bond donors (Lipinski definition) is 2. The lowest BCUT2D eigenvalue weighted by molar-refractivity contribution is 0.440. The normalized spacial score (nSPS) is 23.9. The molecule has 0 bridgehead atoms. The van der Waals surface area contributed by atoms with Crippen molar-refractivity contribution in [1.29, 1.82) is 0 Å². The molecule has 1 aliphatic rings. The van der Waals surface area contributed by atoms with Crippen molar-refractivity contribution in [3.63, 3.8) is 0 Å². The first-order valence-electron chi connectivity index (χ1n) is 6.06. The van der Waals surface area contributed by atoms with Gasteiger partial charge in [-0.1, -0.05) is 31.4 Å². The topological polar surface area (TPSA) is 38.0 Å². The van der Waals surface area contributed by atoms with E-state index in [9.17, 15) is 4.39 Å². The first-order chi connectivity index (χ1) is 8.08. The average Bonchev–Trinajstić information content (AvgIpc) is 2.68. The number of halogens is 2. The van der Waals surface area contributed by atoms with Gasteiger partial charge in [0.25, 0.3) is 0 Å². The van der Waals surface area contributed by atoms with Gasteiger partial charge in [-0.05, 0) is 24.3 Å². The number of rotatable bonds is 3. The first kappa shape index (κ1) is 12.5. The van der Waals surface area contributed by atoms with Crippen LogP contribution < -0.4 is 11.1 Å². The molecule has 94 valence electrons. The highest BCUT2D eigenvalue weighted by molar-refractivity contribution is 6.31. The van der Waals surface area contributed by atoms with Crippen molar-refractivity contribution >= 4 is 23.0 Å². The zero-order valence-corrected chi connectivity index (χ0v) is 10.7. The Bertz CT molecular complexity index is 409. The summed E-state index contributed by atoms with van der Waals surface area (Å²) in [5, 5.41) is 3.39. The van der Waals surface area contributed by atoms with Crippen molar-refractivity contribution in [3.8, 4) is 0 Å². The van der Waals surface area contributed by atoms with Gasteiger partial charge in [-0.2, -0.15) is 0 Å². The van der Waals surface area contributed by atoms with E-state index in [1.54, 1.807) is 6.07 Å². The Morgan fingerprint density at radius 2 is 2.24 bits per heavy atom. The molecule has 0 aliphatic heterocycles. The second kappa shape index (κ2) is 5.13. The van der Waals surface area contributed by atoms with E-state index in [2.05, 4.69) is 12.2 Å². The number of nitrogens with two attached hydrogens (primary N) is 1. The van der Waals surface area contributed by atoms with Gasteiger partial charge in [0.1, 0.15) is 5.82 Å². The third-order valence-electron chi connectivity index (χ3n) is 3.69. The molecule has 0 radical (unpaired) electrons. The van der Waals surface area contributed by atoms with Gasteiger partial charge in [-0.3, -0.25) is 0 Å². The zero-order chi connectivity index (χ0) is 12.4. The Morgan fingerprint density at radius 3 is 2.88 bits per heavy atom. The van der Waals surface area contributed by atoms with E-state index >= 15 is 0 Å². The summed E-state index contributed by atoms with van der Waals surface area (Å²) >= 11 is 5.74. The summed E-state index contributed by atoms with van der Waals surface area (Å²) in [5.41, 5.74) is 6.89. The van der Waals surface area contributed by atoms with Crippen LogP contribution in [0.5, 0.6) is 0 Å². The van der Waals surface area contributed by atoms with Gasteiger partial charge in [0, 0.05) is 12.6 Å². The Balaban J connectivity index is 2.01. The highest BCUT2D eigenvalue weighted by Crippen LogP contribution is 2.32. The van der Waals surface area contributed by atoms with E-state index in [-0.39, 0.29) is 5.02 Å². The fourth-order valence-corrected chi connectivity index (χ4v) is 2.65. The summed E-state index contributed by atoms with van der Waals surface area (Å²) in [6, 6.07) is 2.83. The van der Waals surface area contributed by atoms with Gasteiger partial charge in [0.05, 0.1) is 16.4 Å². The highest BCUT2D eigenvalue weighted by Gasteiger charge is 2.23. The molecule has 2 atom stereocenters. The second-order valence-electron chi connectivity index (χ2n) is 4.90. The van der Waals surface area contributed by atoms with Crippen molar-refractivity contribution in [2.24, 2.45) is 11.8 Å². The first-order valence-corrected chi connectivity index (χ1v) is 6.44. The molecule has 17 heavy (non-hydrogen) atoms. The van der Waals surface area contributed by atoms with Crippen LogP contribution in [0.1, 0.15) is 26.2 Å². The highest BCUT2D eigenvalue weighted by atomic mass is 35.5. The molecule has 0 amide bonds. The Labute approximate surface area is 106 Å². The van der Waals surface area contributed by atoms with Gasteiger partial charge in [0.2, 0.25) is 0 Å². The van der Waals surface area contributed by atoms with Crippen LogP contribution in [0, 0.1) is 17.7 Å². The van der Waals surface area contributed by atoms with Gasteiger partial charge in [-0.15, -0.1) is 0 Å². The van der Waals surface area contributed by atoms with Crippen LogP contribution >= 0.6 is 11.6 Å². The summed E-state index contributed by atoms with van der Waals surface area (Å²) in [5.74, 6) is 0.960. The maximum atomic E-state index is 13.1. The molecule has 4 heteroatoms. The van der Waals surface area contributed by atoms with Crippen LogP contribution in [-0.4, -0.2) is 6.54 Å². The number of hydrogen-bond acceptors (Lipinski definition) is 2. The van der Waals surface area contributed by atoms with Crippen molar-refractivity contribution in [1.82, 2.24) is 0 Å². The van der Waals surface area contributed by atoms with Crippen molar-refractivity contribution in [2.45, 2.75) is 26.2 Å². The van der Waals surface area contributed by atoms with E-state index in [0.29, 0.717) is 11.6 Å². The van der Waals surface area contributed by atoms with Crippen LogP contribution in [0.3, 0.4) is 0 Å². The lowest BCUT2D eigenvalue weighted by atomic mass is 9.98. The molecule has 1 aromatic carbocycles. The molecule has 2 nitrogen and oxygen atoms in total. The van der Waals surface area contributed by atoms with Gasteiger partial charge >= 0.3 is 0 Å². The molecular weight excluding hydrogens is 239 g/mol. The standard InChI is InChI=1S/C13H18ClFN2/c1-8-3-2-4-9(8)7-17-13-5-10(14)11(15)6-12(13)16/h5-6,8-9,17H,2-4,7,16H2,1H3. The number of benzene rings is 1. The van der Waals surface area contributed by atoms with Crippen LogP contribution in [0.4, 0.5) is 15.8 Å². The van der Waals surface area contributed by atoms with E-state index in [0.717, 1.165) is 18.2 Å². The van der Waals surface area contributed by atoms with Gasteiger partial charge in [0.15, 0.2) is 0 Å². The van der Waals surface area contributed by atoms with Crippen LogP contribution in [0.15, 0.2) is 12.1 Å². The smallest absolute Gasteiger partial charge is 0.143 e. The summed E-state index contributed by atoms with van der Waals surface area (Å²) in [6.45, 7) is 3.16. The lowest BCUT2D eigenvalue weighted by Crippen LogP contribution is -2.17. The summed E-state index contributed by atoms with van der Waals surface area (Å²) in [6.07, 6.45) is 3.85. The van der Waals surface area contributed by atoms with Gasteiger partial charge in [-0.25, -0.2) is 4.39 Å². The third kappa shape index (κ3) is 2.83. The Hall–Kier alpha value is -0.960. The fourth-order valence-electron chi connectivity index (χ4n) is 2.48. The summed E-state index contributed by atoms with van der Waals surface area (Å²) in [7, 11) is 0. The van der Waals surface area contributed by atoms with E-state index in [4.69, 9.17) is 17.3 Å². The van der Waals surface area contributed by atoms with Crippen molar-refractivity contribution < 1.29 is 4.39 Å². The monoisotopic (exact) mass is 256 g/mol. The molecule has 0 saturated heterocycles. The molecule has 2 rings (SSSR count). The summed E-state index contributed by atoms with van der Waals surface area (Å²) < 4.78 is 13.1. The Morgan fingerprint density at radius 1 is 1.47 bits per heavy atom. The molecular formula is C13H18ClFN2. The van der Waals surface area contributed by atoms with Crippen LogP contribution in [0.25, 0.3) is 0 Å². The lowest BCUT2D eigenvalue weighted by Gasteiger charge is -2.18. The third-order valence-corrected chi connectivity index (χ3v) is 3.98. The maximum Gasteiger partial charge on any atom is 0.143 e. The SMILES string of the molecule is CC1CCCC1CNc1cc(Cl)c(F)cc1N. The van der Waals surface area contributed by atoms with Crippen molar-refractivity contribution in [2.75, 3.05) is 17.6 Å². The molecule has 1 aliphatic carbocycles. The molecule has 0 aromatic heterocycles. The summed E-state index contributed by atoms with van der Waals surface area (Å²) in [4.78, 5) is 0. The predicted molar refractivity (Wildman–Crippen MR) is 70.8 cm³/mol. The molecule has 0 heterocycles. The largest absolute Gasteiger partial charge is 0.397 e. The predicted octanol–water partition coefficient (Wildman–Crippen LogP) is 3.91. The minimum Gasteiger partial charge on any atom is -0.397 e. The molecule has 0 spiro atoms. The minimum atomic E-state index is -0.469. The van der Waals surface area contributed by atoms with Gasteiger partial charge < -0.3 is 11.1 Å². The number of nitrogen functional groups attached to an aromatic ring is 1. The zero-order valence-electron chi connectivity index (χ0n) is 9.97. The van der Waals surface area contributed by atoms with E-state index in [1.165, 1.54) is 25.3 Å². The molecule has 1 aromatic rings. The van der Waals surface area contributed by atoms with E-state index in [1.807, 2.05) is 0 Å².